The van der Waals surface area contributed by atoms with E-state index in [-0.39, 0.29) is 24.6 Å². The molecule has 0 aliphatic carbocycles. The van der Waals surface area contributed by atoms with E-state index >= 15 is 0 Å². The van der Waals surface area contributed by atoms with Crippen molar-refractivity contribution in [3.05, 3.63) is 0 Å². The maximum atomic E-state index is 5.32. The lowest BCUT2D eigenvalue weighted by molar-refractivity contribution is -0.355. The highest BCUT2D eigenvalue weighted by molar-refractivity contribution is 4.57. The Kier molecular flexibility index (Phi) is 6.36. The van der Waals surface area contributed by atoms with Crippen LogP contribution >= 0.6 is 0 Å². The fraction of sp³-hybridized carbons (Fsp3) is 1.00. The van der Waals surface area contributed by atoms with Gasteiger partial charge < -0.3 is 9.47 Å². The Labute approximate surface area is 92.8 Å². The van der Waals surface area contributed by atoms with Crippen LogP contribution in [0.15, 0.2) is 0 Å². The molecule has 0 aromatic carbocycles. The average molecular weight is 220 g/mol. The zero-order valence-corrected chi connectivity index (χ0v) is 10.8. The second kappa shape index (κ2) is 6.43. The number of ether oxygens (including phenoxy) is 2. The molecule has 0 aromatic rings. The lowest BCUT2D eigenvalue weighted by Crippen LogP contribution is -2.21. The monoisotopic (exact) mass is 220 g/mol. The maximum Gasteiger partial charge on any atom is 0.183 e. The Bertz CT molecular complexity index is 137. The lowest BCUT2D eigenvalue weighted by Gasteiger charge is -2.19. The first kappa shape index (κ1) is 14.8. The van der Waals surface area contributed by atoms with E-state index in [9.17, 15) is 0 Å². The molecule has 0 radical (unpaired) electrons. The predicted molar refractivity (Wildman–Crippen MR) is 58.1 cm³/mol. The van der Waals surface area contributed by atoms with Gasteiger partial charge in [0.05, 0.1) is 12.2 Å². The van der Waals surface area contributed by atoms with Gasteiger partial charge in [-0.2, -0.15) is 0 Å². The van der Waals surface area contributed by atoms with Gasteiger partial charge in [-0.15, -0.1) is 0 Å². The minimum atomic E-state index is -0.188. The minimum absolute atomic E-state index is 0.0894. The summed E-state index contributed by atoms with van der Waals surface area (Å²) in [6, 6.07) is 0. The van der Waals surface area contributed by atoms with Crippen LogP contribution in [0.3, 0.4) is 0 Å². The van der Waals surface area contributed by atoms with Crippen LogP contribution in [-0.4, -0.2) is 25.8 Å². The minimum Gasteiger partial charge on any atom is -0.350 e. The van der Waals surface area contributed by atoms with Crippen molar-refractivity contribution in [3.8, 4) is 0 Å². The van der Waals surface area contributed by atoms with Crippen molar-refractivity contribution in [1.29, 1.82) is 0 Å². The van der Waals surface area contributed by atoms with Gasteiger partial charge in [0.15, 0.2) is 6.79 Å². The van der Waals surface area contributed by atoms with Crippen molar-refractivity contribution in [2.75, 3.05) is 20.2 Å². The Morgan fingerprint density at radius 3 is 1.87 bits per heavy atom. The van der Waals surface area contributed by atoms with Crippen LogP contribution in [0.25, 0.3) is 0 Å². The zero-order chi connectivity index (χ0) is 11.9. The van der Waals surface area contributed by atoms with Crippen molar-refractivity contribution in [3.63, 3.8) is 0 Å². The summed E-state index contributed by atoms with van der Waals surface area (Å²) in [7, 11) is 0. The third-order valence-electron chi connectivity index (χ3n) is 1.28. The molecule has 0 rings (SSSR count). The normalized spacial score (nSPS) is 13.2. The first-order chi connectivity index (χ1) is 6.71. The van der Waals surface area contributed by atoms with Crippen molar-refractivity contribution in [2.45, 2.75) is 47.1 Å². The molecule has 0 bridgehead atoms. The van der Waals surface area contributed by atoms with Crippen LogP contribution in [0.5, 0.6) is 0 Å². The predicted octanol–water partition coefficient (Wildman–Crippen LogP) is 2.73. The molecule has 0 saturated heterocycles. The number of hydrogen-bond acceptors (Lipinski definition) is 4. The van der Waals surface area contributed by atoms with Gasteiger partial charge in [-0.3, -0.25) is 0 Å². The maximum absolute atomic E-state index is 5.32. The van der Waals surface area contributed by atoms with E-state index < -0.39 is 0 Å². The molecule has 0 aliphatic rings. The molecule has 0 aromatic heterocycles. The molecule has 0 aliphatic heterocycles. The molecular weight excluding hydrogens is 196 g/mol. The molecule has 0 unspecified atom stereocenters. The summed E-state index contributed by atoms with van der Waals surface area (Å²) in [4.78, 5) is 9.77. The van der Waals surface area contributed by atoms with Gasteiger partial charge in [0, 0.05) is 0 Å². The van der Waals surface area contributed by atoms with Crippen LogP contribution in [0, 0.1) is 5.41 Å². The Morgan fingerprint density at radius 2 is 1.40 bits per heavy atom. The largest absolute Gasteiger partial charge is 0.350 e. The van der Waals surface area contributed by atoms with Gasteiger partial charge in [-0.25, -0.2) is 9.78 Å². The quantitative estimate of drug-likeness (QED) is 0.298. The molecule has 0 spiro atoms. The smallest absolute Gasteiger partial charge is 0.183 e. The molecule has 0 atom stereocenters. The van der Waals surface area contributed by atoms with Gasteiger partial charge in [-0.05, 0) is 26.2 Å². The Morgan fingerprint density at radius 1 is 0.800 bits per heavy atom. The topological polar surface area (TPSA) is 36.9 Å². The summed E-state index contributed by atoms with van der Waals surface area (Å²) in [5.41, 5.74) is -0.0891. The Balaban J connectivity index is 3.20. The van der Waals surface area contributed by atoms with Crippen LogP contribution in [0.1, 0.15) is 41.5 Å². The summed E-state index contributed by atoms with van der Waals surface area (Å²) in [5, 5.41) is 0. The highest BCUT2D eigenvalue weighted by atomic mass is 17.2. The molecule has 0 amide bonds. The fourth-order valence-electron chi connectivity index (χ4n) is 0.539. The van der Waals surface area contributed by atoms with Crippen LogP contribution in [-0.2, 0) is 19.2 Å². The number of hydrogen-bond donors (Lipinski definition) is 0. The lowest BCUT2D eigenvalue weighted by atomic mass is 9.99. The molecule has 15 heavy (non-hydrogen) atoms. The third kappa shape index (κ3) is 13.8. The first-order valence-electron chi connectivity index (χ1n) is 5.17. The van der Waals surface area contributed by atoms with E-state index in [0.29, 0.717) is 6.61 Å². The highest BCUT2D eigenvalue weighted by Crippen LogP contribution is 2.12. The van der Waals surface area contributed by atoms with Crippen molar-refractivity contribution >= 4 is 0 Å². The molecule has 0 N–H and O–H groups in total. The summed E-state index contributed by atoms with van der Waals surface area (Å²) in [6.07, 6.45) is 0. The standard InChI is InChI=1S/C11H24O4/c1-10(2,3)7-14-15-9-12-8-13-11(4,5)6/h7-9H2,1-6H3. The molecule has 0 saturated carbocycles. The SMILES string of the molecule is CC(C)(C)COOCOCOC(C)(C)C. The second-order valence-corrected chi connectivity index (χ2v) is 5.64. The average Bonchev–Trinajstić information content (AvgIpc) is 1.98. The molecule has 92 valence electrons. The number of rotatable bonds is 6. The molecule has 0 fully saturated rings. The second-order valence-electron chi connectivity index (χ2n) is 5.64. The van der Waals surface area contributed by atoms with Crippen LogP contribution in [0.4, 0.5) is 0 Å². The van der Waals surface area contributed by atoms with Crippen molar-refractivity contribution in [2.24, 2.45) is 5.41 Å². The third-order valence-corrected chi connectivity index (χ3v) is 1.28. The van der Waals surface area contributed by atoms with Crippen molar-refractivity contribution in [1.82, 2.24) is 0 Å². The first-order valence-corrected chi connectivity index (χ1v) is 5.17. The van der Waals surface area contributed by atoms with Crippen LogP contribution in [0.2, 0.25) is 0 Å². The van der Waals surface area contributed by atoms with Gasteiger partial charge in [0.2, 0.25) is 0 Å². The van der Waals surface area contributed by atoms with E-state index in [2.05, 4.69) is 20.8 Å². The van der Waals surface area contributed by atoms with E-state index in [1.807, 2.05) is 20.8 Å². The summed E-state index contributed by atoms with van der Waals surface area (Å²) in [5.74, 6) is 0. The Hall–Kier alpha value is -0.160. The van der Waals surface area contributed by atoms with Gasteiger partial charge in [-0.1, -0.05) is 20.8 Å². The fourth-order valence-corrected chi connectivity index (χ4v) is 0.539. The van der Waals surface area contributed by atoms with Gasteiger partial charge in [0.25, 0.3) is 0 Å². The van der Waals surface area contributed by atoms with E-state index in [4.69, 9.17) is 19.2 Å². The van der Waals surface area contributed by atoms with Crippen molar-refractivity contribution < 1.29 is 19.2 Å². The summed E-state index contributed by atoms with van der Waals surface area (Å²) >= 11 is 0. The van der Waals surface area contributed by atoms with E-state index in [0.717, 1.165) is 0 Å². The van der Waals surface area contributed by atoms with Gasteiger partial charge >= 0.3 is 0 Å². The molecule has 4 nitrogen and oxygen atoms in total. The molecule has 0 heterocycles. The molecular formula is C11H24O4. The highest BCUT2D eigenvalue weighted by Gasteiger charge is 2.11. The molecule has 4 heteroatoms. The van der Waals surface area contributed by atoms with Crippen LogP contribution < -0.4 is 0 Å². The summed E-state index contributed by atoms with van der Waals surface area (Å²) in [6.45, 7) is 12.9. The summed E-state index contributed by atoms with van der Waals surface area (Å²) < 4.78 is 10.4. The zero-order valence-electron chi connectivity index (χ0n) is 10.8. The van der Waals surface area contributed by atoms with E-state index in [1.54, 1.807) is 0 Å². The van der Waals surface area contributed by atoms with Gasteiger partial charge in [0.1, 0.15) is 6.79 Å². The van der Waals surface area contributed by atoms with E-state index in [1.165, 1.54) is 0 Å².